The van der Waals surface area contributed by atoms with Crippen LogP contribution in [0.15, 0.2) is 103 Å². The van der Waals surface area contributed by atoms with Crippen molar-refractivity contribution in [3.05, 3.63) is 109 Å². The quantitative estimate of drug-likeness (QED) is 0.614. The second-order valence-corrected chi connectivity index (χ2v) is 5.76. The minimum Gasteiger partial charge on any atom is -0.290 e. The topological polar surface area (TPSA) is 40.9 Å². The van der Waals surface area contributed by atoms with Crippen LogP contribution in [0.2, 0.25) is 0 Å². The highest BCUT2D eigenvalue weighted by molar-refractivity contribution is 6.01. The molecule has 0 aliphatic heterocycles. The van der Waals surface area contributed by atoms with E-state index in [1.165, 1.54) is 23.3 Å². The molecule has 2 heteroatoms. The maximum Gasteiger partial charge on any atom is 0.178 e. The number of nitrogens with zero attached hydrogens (tertiary/aromatic N) is 1. The van der Waals surface area contributed by atoms with Crippen LogP contribution in [0.4, 0.5) is 0 Å². The Labute approximate surface area is 153 Å². The average molecular weight is 335 g/mol. The Morgan fingerprint density at radius 2 is 1.15 bits per heavy atom. The number of hydrogen-bond donors (Lipinski definition) is 0. The number of rotatable bonds is 2. The predicted octanol–water partition coefficient (Wildman–Crippen LogP) is 5.57. The Morgan fingerprint density at radius 1 is 0.615 bits per heavy atom. The van der Waals surface area contributed by atoms with Gasteiger partial charge in [-0.05, 0) is 52.6 Å². The van der Waals surface area contributed by atoms with E-state index < -0.39 is 0 Å². The van der Waals surface area contributed by atoms with Gasteiger partial charge in [-0.3, -0.25) is 4.79 Å². The summed E-state index contributed by atoms with van der Waals surface area (Å²) in [6, 6.07) is 28.6. The molecule has 0 saturated heterocycles. The van der Waals surface area contributed by atoms with Gasteiger partial charge in [0, 0.05) is 0 Å². The molecule has 0 heterocycles. The molecule has 1 aliphatic rings. The number of carbonyl (C=O) groups excluding carboxylic acids is 1. The highest BCUT2D eigenvalue weighted by atomic mass is 16.1. The van der Waals surface area contributed by atoms with Crippen molar-refractivity contribution in [2.45, 2.75) is 0 Å². The summed E-state index contributed by atoms with van der Waals surface area (Å²) < 4.78 is 0. The minimum atomic E-state index is 0.0926. The minimum absolute atomic E-state index is 0.0926. The van der Waals surface area contributed by atoms with Gasteiger partial charge in [0.1, 0.15) is 0 Å². The second kappa shape index (κ2) is 8.41. The predicted molar refractivity (Wildman–Crippen MR) is 105 cm³/mol. The van der Waals surface area contributed by atoms with Crippen molar-refractivity contribution < 1.29 is 4.79 Å². The molecule has 0 saturated carbocycles. The molecule has 0 spiro atoms. The highest BCUT2D eigenvalue weighted by Gasteiger charge is 2.01. The molecule has 0 bridgehead atoms. The molecule has 124 valence electrons. The van der Waals surface area contributed by atoms with Gasteiger partial charge in [-0.1, -0.05) is 72.8 Å². The molecule has 0 atom stereocenters. The first-order chi connectivity index (χ1) is 12.8. The molecule has 3 aromatic rings. The zero-order valence-corrected chi connectivity index (χ0v) is 14.2. The lowest BCUT2D eigenvalue weighted by molar-refractivity contribution is -0.110. The molecule has 0 amide bonds. The Hall–Kier alpha value is -3.70. The largest absolute Gasteiger partial charge is 0.290 e. The summed E-state index contributed by atoms with van der Waals surface area (Å²) in [6.07, 6.45) is 6.50. The lowest BCUT2D eigenvalue weighted by Gasteiger charge is -2.06. The Bertz CT molecular complexity index is 976. The highest BCUT2D eigenvalue weighted by Crippen LogP contribution is 2.26. The third-order valence-corrected chi connectivity index (χ3v) is 3.95. The first kappa shape index (κ1) is 17.1. The summed E-state index contributed by atoms with van der Waals surface area (Å²) in [5, 5.41) is 8.84. The van der Waals surface area contributed by atoms with Gasteiger partial charge in [0.2, 0.25) is 0 Å². The molecule has 0 unspecified atom stereocenters. The van der Waals surface area contributed by atoms with Gasteiger partial charge in [0.25, 0.3) is 0 Å². The van der Waals surface area contributed by atoms with E-state index in [2.05, 4.69) is 42.5 Å². The van der Waals surface area contributed by atoms with Gasteiger partial charge in [-0.2, -0.15) is 5.26 Å². The van der Waals surface area contributed by atoms with Crippen molar-refractivity contribution in [2.24, 2.45) is 0 Å². The number of hydrogen-bond acceptors (Lipinski definition) is 2. The fourth-order valence-electron chi connectivity index (χ4n) is 2.60. The average Bonchev–Trinajstić information content (AvgIpc) is 3.20. The molecule has 3 aromatic carbocycles. The summed E-state index contributed by atoms with van der Waals surface area (Å²) in [5.41, 5.74) is 5.39. The molecule has 0 fully saturated rings. The van der Waals surface area contributed by atoms with Gasteiger partial charge in [0.05, 0.1) is 11.6 Å². The molecular weight excluding hydrogens is 318 g/mol. The van der Waals surface area contributed by atoms with Gasteiger partial charge < -0.3 is 0 Å². The van der Waals surface area contributed by atoms with Crippen LogP contribution < -0.4 is 0 Å². The van der Waals surface area contributed by atoms with Crippen LogP contribution >= 0.6 is 0 Å². The molecule has 0 radical (unpaired) electrons. The Morgan fingerprint density at radius 3 is 1.65 bits per heavy atom. The van der Waals surface area contributed by atoms with Crippen LogP contribution in [-0.2, 0) is 4.79 Å². The normalized spacial score (nSPS) is 11.6. The van der Waals surface area contributed by atoms with Crippen LogP contribution in [0.1, 0.15) is 5.56 Å². The third-order valence-electron chi connectivity index (χ3n) is 3.95. The van der Waals surface area contributed by atoms with Crippen LogP contribution in [0.3, 0.4) is 0 Å². The number of nitriles is 1. The summed E-state index contributed by atoms with van der Waals surface area (Å²) in [5.74, 6) is 0.0926. The van der Waals surface area contributed by atoms with E-state index >= 15 is 0 Å². The standard InChI is InChI=1S/C19H13N.C5H4O/c20-14-15-9-11-17(12-10-15)19-8-4-7-18(13-19)16-5-2-1-3-6-16;6-5-3-1-2-4-5/h1-13H;1-4H. The molecule has 2 nitrogen and oxygen atoms in total. The second-order valence-electron chi connectivity index (χ2n) is 5.76. The zero-order valence-electron chi connectivity index (χ0n) is 14.2. The smallest absolute Gasteiger partial charge is 0.178 e. The van der Waals surface area contributed by atoms with E-state index in [0.29, 0.717) is 5.56 Å². The molecular formula is C24H17NO. The van der Waals surface area contributed by atoms with Crippen LogP contribution in [-0.4, -0.2) is 5.78 Å². The third kappa shape index (κ3) is 4.43. The van der Waals surface area contributed by atoms with Gasteiger partial charge in [-0.25, -0.2) is 0 Å². The van der Waals surface area contributed by atoms with E-state index in [1.807, 2.05) is 42.5 Å². The van der Waals surface area contributed by atoms with Gasteiger partial charge >= 0.3 is 0 Å². The maximum atomic E-state index is 10.1. The molecule has 0 N–H and O–H groups in total. The van der Waals surface area contributed by atoms with Crippen molar-refractivity contribution in [2.75, 3.05) is 0 Å². The Kier molecular flexibility index (Phi) is 5.54. The van der Waals surface area contributed by atoms with Crippen molar-refractivity contribution in [3.63, 3.8) is 0 Å². The van der Waals surface area contributed by atoms with Crippen LogP contribution in [0, 0.1) is 11.3 Å². The molecule has 1 aliphatic carbocycles. The van der Waals surface area contributed by atoms with Crippen molar-refractivity contribution in [1.29, 1.82) is 5.26 Å². The number of carbonyl (C=O) groups is 1. The number of allylic oxidation sites excluding steroid dienone is 4. The van der Waals surface area contributed by atoms with Crippen LogP contribution in [0.5, 0.6) is 0 Å². The van der Waals surface area contributed by atoms with E-state index in [0.717, 1.165) is 11.1 Å². The summed E-state index contributed by atoms with van der Waals surface area (Å²) >= 11 is 0. The molecule has 4 rings (SSSR count). The number of benzene rings is 3. The van der Waals surface area contributed by atoms with Crippen molar-refractivity contribution >= 4 is 5.78 Å². The van der Waals surface area contributed by atoms with Crippen molar-refractivity contribution in [3.8, 4) is 28.3 Å². The lowest BCUT2D eigenvalue weighted by atomic mass is 9.98. The summed E-state index contributed by atoms with van der Waals surface area (Å²) in [7, 11) is 0. The number of ketones is 1. The van der Waals surface area contributed by atoms with E-state index in [4.69, 9.17) is 5.26 Å². The van der Waals surface area contributed by atoms with E-state index in [1.54, 1.807) is 12.2 Å². The van der Waals surface area contributed by atoms with Crippen molar-refractivity contribution in [1.82, 2.24) is 0 Å². The monoisotopic (exact) mass is 335 g/mol. The lowest BCUT2D eigenvalue weighted by Crippen LogP contribution is -1.82. The van der Waals surface area contributed by atoms with Gasteiger partial charge in [-0.15, -0.1) is 0 Å². The summed E-state index contributed by atoms with van der Waals surface area (Å²) in [4.78, 5) is 10.1. The zero-order chi connectivity index (χ0) is 18.2. The molecule has 26 heavy (non-hydrogen) atoms. The first-order valence-corrected chi connectivity index (χ1v) is 8.31. The van der Waals surface area contributed by atoms with E-state index in [9.17, 15) is 4.79 Å². The fourth-order valence-corrected chi connectivity index (χ4v) is 2.60. The Balaban J connectivity index is 0.000000278. The fraction of sp³-hybridized carbons (Fsp3) is 0. The SMILES string of the molecule is N#Cc1ccc(-c2cccc(-c3ccccc3)c2)cc1.O=C1C=CC=C1. The van der Waals surface area contributed by atoms with Gasteiger partial charge in [0.15, 0.2) is 5.78 Å². The van der Waals surface area contributed by atoms with E-state index in [-0.39, 0.29) is 5.78 Å². The first-order valence-electron chi connectivity index (χ1n) is 8.31. The maximum absolute atomic E-state index is 10.1. The molecule has 0 aromatic heterocycles. The van der Waals surface area contributed by atoms with Crippen LogP contribution in [0.25, 0.3) is 22.3 Å². The summed E-state index contributed by atoms with van der Waals surface area (Å²) in [6.45, 7) is 0.